The predicted molar refractivity (Wildman–Crippen MR) is 62.0 cm³/mol. The Labute approximate surface area is 96.8 Å². The van der Waals surface area contributed by atoms with Gasteiger partial charge in [0.1, 0.15) is 10.6 Å². The second-order valence-electron chi connectivity index (χ2n) is 3.21. The van der Waals surface area contributed by atoms with E-state index in [0.717, 1.165) is 16.0 Å². The Morgan fingerprint density at radius 3 is 2.80 bits per heavy atom. The molecule has 1 heterocycles. The molecule has 0 saturated heterocycles. The van der Waals surface area contributed by atoms with E-state index in [4.69, 9.17) is 5.11 Å². The lowest BCUT2D eigenvalue weighted by atomic mass is 10.2. The standard InChI is InChI=1S/C10H13BrN2O2/c1-3-7(10(14)15)13-8-4-5-9(11)12-6(8)2/h4-5,7,13H,3H2,1-2H3,(H,14,15). The lowest BCUT2D eigenvalue weighted by Gasteiger charge is -2.15. The zero-order valence-corrected chi connectivity index (χ0v) is 10.2. The fraction of sp³-hybridized carbons (Fsp3) is 0.400. The molecule has 0 amide bonds. The molecule has 82 valence electrons. The predicted octanol–water partition coefficient (Wildman–Crippen LogP) is 2.43. The van der Waals surface area contributed by atoms with Crippen molar-refractivity contribution in [3.05, 3.63) is 22.4 Å². The van der Waals surface area contributed by atoms with Gasteiger partial charge in [0.25, 0.3) is 0 Å². The number of aromatic nitrogens is 1. The maximum Gasteiger partial charge on any atom is 0.326 e. The number of nitrogens with zero attached hydrogens (tertiary/aromatic N) is 1. The second-order valence-corrected chi connectivity index (χ2v) is 4.02. The highest BCUT2D eigenvalue weighted by Crippen LogP contribution is 2.17. The molecule has 5 heteroatoms. The summed E-state index contributed by atoms with van der Waals surface area (Å²) in [5.74, 6) is -0.847. The molecule has 1 rings (SSSR count). The normalized spacial score (nSPS) is 12.2. The van der Waals surface area contributed by atoms with Gasteiger partial charge in [-0.3, -0.25) is 0 Å². The van der Waals surface area contributed by atoms with Crippen LogP contribution in [-0.4, -0.2) is 22.1 Å². The lowest BCUT2D eigenvalue weighted by Crippen LogP contribution is -2.28. The van der Waals surface area contributed by atoms with Crippen molar-refractivity contribution < 1.29 is 9.90 Å². The van der Waals surface area contributed by atoms with Gasteiger partial charge in [-0.1, -0.05) is 6.92 Å². The molecule has 0 fully saturated rings. The van der Waals surface area contributed by atoms with E-state index >= 15 is 0 Å². The van der Waals surface area contributed by atoms with Crippen molar-refractivity contribution in [1.29, 1.82) is 0 Å². The average molecular weight is 273 g/mol. The molecule has 0 aliphatic heterocycles. The first-order chi connectivity index (χ1) is 7.04. The largest absolute Gasteiger partial charge is 0.480 e. The Kier molecular flexibility index (Phi) is 4.08. The van der Waals surface area contributed by atoms with Crippen LogP contribution in [0.1, 0.15) is 19.0 Å². The van der Waals surface area contributed by atoms with Crippen molar-refractivity contribution in [1.82, 2.24) is 4.98 Å². The zero-order valence-electron chi connectivity index (χ0n) is 8.62. The van der Waals surface area contributed by atoms with E-state index in [1.807, 2.05) is 19.9 Å². The summed E-state index contributed by atoms with van der Waals surface area (Å²) in [5.41, 5.74) is 1.54. The number of carbonyl (C=O) groups is 1. The van der Waals surface area contributed by atoms with E-state index in [2.05, 4.69) is 26.2 Å². The molecular formula is C10H13BrN2O2. The highest BCUT2D eigenvalue weighted by atomic mass is 79.9. The number of halogens is 1. The van der Waals surface area contributed by atoms with Crippen LogP contribution in [0.5, 0.6) is 0 Å². The number of aryl methyl sites for hydroxylation is 1. The first-order valence-corrected chi connectivity index (χ1v) is 5.46. The molecule has 2 N–H and O–H groups in total. The van der Waals surface area contributed by atoms with Gasteiger partial charge < -0.3 is 10.4 Å². The van der Waals surface area contributed by atoms with Gasteiger partial charge in [0.15, 0.2) is 0 Å². The fourth-order valence-corrected chi connectivity index (χ4v) is 1.61. The number of rotatable bonds is 4. The van der Waals surface area contributed by atoms with Gasteiger partial charge in [-0.25, -0.2) is 9.78 Å². The maximum atomic E-state index is 10.8. The van der Waals surface area contributed by atoms with Crippen LogP contribution >= 0.6 is 15.9 Å². The first-order valence-electron chi connectivity index (χ1n) is 4.67. The molecule has 1 unspecified atom stereocenters. The lowest BCUT2D eigenvalue weighted by molar-refractivity contribution is -0.137. The fourth-order valence-electron chi connectivity index (χ4n) is 1.21. The summed E-state index contributed by atoms with van der Waals surface area (Å²) in [7, 11) is 0. The van der Waals surface area contributed by atoms with Crippen molar-refractivity contribution >= 4 is 27.6 Å². The summed E-state index contributed by atoms with van der Waals surface area (Å²) in [4.78, 5) is 15.0. The average Bonchev–Trinajstić information content (AvgIpc) is 2.16. The first kappa shape index (κ1) is 12.0. The molecule has 0 aromatic carbocycles. The molecule has 0 spiro atoms. The van der Waals surface area contributed by atoms with Crippen LogP contribution in [0.15, 0.2) is 16.7 Å². The van der Waals surface area contributed by atoms with Crippen molar-refractivity contribution in [3.63, 3.8) is 0 Å². The molecule has 0 bridgehead atoms. The Morgan fingerprint density at radius 2 is 2.33 bits per heavy atom. The van der Waals surface area contributed by atoms with Gasteiger partial charge in [-0.2, -0.15) is 0 Å². The van der Waals surface area contributed by atoms with Gasteiger partial charge >= 0.3 is 5.97 Å². The number of hydrogen-bond acceptors (Lipinski definition) is 3. The summed E-state index contributed by atoms with van der Waals surface area (Å²) in [5, 5.41) is 11.8. The van der Waals surface area contributed by atoms with E-state index in [9.17, 15) is 4.79 Å². The molecule has 1 aromatic rings. The molecule has 0 aliphatic rings. The highest BCUT2D eigenvalue weighted by Gasteiger charge is 2.15. The van der Waals surface area contributed by atoms with Gasteiger partial charge in [0.2, 0.25) is 0 Å². The van der Waals surface area contributed by atoms with Gasteiger partial charge in [-0.05, 0) is 41.4 Å². The number of aliphatic carboxylic acids is 1. The minimum absolute atomic E-state index is 0.533. The van der Waals surface area contributed by atoms with Gasteiger partial charge in [0.05, 0.1) is 11.4 Å². The molecule has 0 saturated carbocycles. The molecule has 15 heavy (non-hydrogen) atoms. The Hall–Kier alpha value is -1.10. The molecular weight excluding hydrogens is 260 g/mol. The summed E-state index contributed by atoms with van der Waals surface area (Å²) in [6, 6.07) is 3.04. The number of pyridine rings is 1. The van der Waals surface area contributed by atoms with Crippen LogP contribution in [-0.2, 0) is 4.79 Å². The molecule has 0 aliphatic carbocycles. The molecule has 1 aromatic heterocycles. The number of nitrogens with one attached hydrogen (secondary N) is 1. The van der Waals surface area contributed by atoms with Crippen LogP contribution in [0.25, 0.3) is 0 Å². The molecule has 1 atom stereocenters. The Bertz CT molecular complexity index is 368. The maximum absolute atomic E-state index is 10.8. The Morgan fingerprint density at radius 1 is 1.67 bits per heavy atom. The smallest absolute Gasteiger partial charge is 0.326 e. The SMILES string of the molecule is CCC(Nc1ccc(Br)nc1C)C(=O)O. The third-order valence-corrected chi connectivity index (χ3v) is 2.53. The van der Waals surface area contributed by atoms with Crippen LogP contribution < -0.4 is 5.32 Å². The number of carboxylic acids is 1. The summed E-state index contributed by atoms with van der Waals surface area (Å²) < 4.78 is 0.744. The van der Waals surface area contributed by atoms with Crippen LogP contribution in [0.4, 0.5) is 5.69 Å². The van der Waals surface area contributed by atoms with E-state index in [0.29, 0.717) is 6.42 Å². The van der Waals surface area contributed by atoms with Crippen molar-refractivity contribution in [2.24, 2.45) is 0 Å². The van der Waals surface area contributed by atoms with E-state index < -0.39 is 12.0 Å². The van der Waals surface area contributed by atoms with Gasteiger partial charge in [0, 0.05) is 0 Å². The number of hydrogen-bond donors (Lipinski definition) is 2. The van der Waals surface area contributed by atoms with Crippen LogP contribution in [0.3, 0.4) is 0 Å². The molecule has 0 radical (unpaired) electrons. The highest BCUT2D eigenvalue weighted by molar-refractivity contribution is 9.10. The van der Waals surface area contributed by atoms with Crippen molar-refractivity contribution in [2.45, 2.75) is 26.3 Å². The summed E-state index contributed by atoms with van der Waals surface area (Å²) in [6.45, 7) is 3.66. The summed E-state index contributed by atoms with van der Waals surface area (Å²) >= 11 is 3.25. The van der Waals surface area contributed by atoms with E-state index in [-0.39, 0.29) is 0 Å². The van der Waals surface area contributed by atoms with Crippen molar-refractivity contribution in [3.8, 4) is 0 Å². The summed E-state index contributed by atoms with van der Waals surface area (Å²) in [6.07, 6.45) is 0.533. The minimum atomic E-state index is -0.847. The zero-order chi connectivity index (χ0) is 11.4. The second kappa shape index (κ2) is 5.11. The third-order valence-electron chi connectivity index (χ3n) is 2.09. The van der Waals surface area contributed by atoms with Gasteiger partial charge in [-0.15, -0.1) is 0 Å². The van der Waals surface area contributed by atoms with E-state index in [1.165, 1.54) is 0 Å². The van der Waals surface area contributed by atoms with Crippen LogP contribution in [0, 0.1) is 6.92 Å². The number of carboxylic acid groups (broad SMARTS) is 1. The Balaban J connectivity index is 2.84. The minimum Gasteiger partial charge on any atom is -0.480 e. The van der Waals surface area contributed by atoms with E-state index in [1.54, 1.807) is 6.07 Å². The van der Waals surface area contributed by atoms with Crippen LogP contribution in [0.2, 0.25) is 0 Å². The monoisotopic (exact) mass is 272 g/mol. The van der Waals surface area contributed by atoms with Crippen molar-refractivity contribution in [2.75, 3.05) is 5.32 Å². The topological polar surface area (TPSA) is 62.2 Å². The number of anilines is 1. The molecule has 4 nitrogen and oxygen atoms in total. The quantitative estimate of drug-likeness (QED) is 0.827. The third kappa shape index (κ3) is 3.20.